The normalized spacial score (nSPS) is 11.0. The molecule has 1 amide bonds. The summed E-state index contributed by atoms with van der Waals surface area (Å²) in [5.74, 6) is 1.21. The summed E-state index contributed by atoms with van der Waals surface area (Å²) >= 11 is 0. The molecule has 0 fully saturated rings. The highest BCUT2D eigenvalue weighted by Crippen LogP contribution is 2.27. The molecule has 0 spiro atoms. The molecule has 0 aromatic heterocycles. The lowest BCUT2D eigenvalue weighted by Crippen LogP contribution is -2.34. The molecule has 2 rings (SSSR count). The third-order valence-corrected chi connectivity index (χ3v) is 5.27. The standard InChI is InChI=1S/C19H24N2O6S/c1-4-27-15-6-8-16(9-7-15)28(23,24)21-12-11-20-19(22)14-5-10-17(25-2)18(13-14)26-3/h5-10,13,21H,4,11-12H2,1-3H3,(H,20,22). The van der Waals surface area contributed by atoms with E-state index >= 15 is 0 Å². The number of rotatable bonds is 10. The van der Waals surface area contributed by atoms with Gasteiger partial charge in [0.05, 0.1) is 25.7 Å². The average Bonchev–Trinajstić information content (AvgIpc) is 2.71. The van der Waals surface area contributed by atoms with Crippen LogP contribution in [-0.2, 0) is 10.0 Å². The van der Waals surface area contributed by atoms with Gasteiger partial charge in [-0.05, 0) is 49.4 Å². The molecule has 2 aromatic rings. The number of benzene rings is 2. The second-order valence-electron chi connectivity index (χ2n) is 5.63. The summed E-state index contributed by atoms with van der Waals surface area (Å²) < 4.78 is 42.6. The van der Waals surface area contributed by atoms with Crippen LogP contribution in [0.4, 0.5) is 0 Å². The zero-order valence-electron chi connectivity index (χ0n) is 16.0. The number of amides is 1. The second kappa shape index (κ2) is 9.95. The number of sulfonamides is 1. The third kappa shape index (κ3) is 5.61. The van der Waals surface area contributed by atoms with Gasteiger partial charge in [0.15, 0.2) is 11.5 Å². The molecule has 152 valence electrons. The highest BCUT2D eigenvalue weighted by Gasteiger charge is 2.14. The fourth-order valence-corrected chi connectivity index (χ4v) is 3.44. The van der Waals surface area contributed by atoms with E-state index in [2.05, 4.69) is 10.0 Å². The van der Waals surface area contributed by atoms with Crippen LogP contribution in [0, 0.1) is 0 Å². The van der Waals surface area contributed by atoms with Crippen LogP contribution in [0.1, 0.15) is 17.3 Å². The van der Waals surface area contributed by atoms with Crippen molar-refractivity contribution in [3.05, 3.63) is 48.0 Å². The number of carbonyl (C=O) groups is 1. The van der Waals surface area contributed by atoms with Crippen molar-refractivity contribution < 1.29 is 27.4 Å². The molecule has 2 N–H and O–H groups in total. The summed E-state index contributed by atoms with van der Waals surface area (Å²) in [7, 11) is -0.678. The lowest BCUT2D eigenvalue weighted by molar-refractivity contribution is 0.0954. The van der Waals surface area contributed by atoms with Gasteiger partial charge >= 0.3 is 0 Å². The van der Waals surface area contributed by atoms with E-state index in [1.165, 1.54) is 26.4 Å². The number of carbonyl (C=O) groups excluding carboxylic acids is 1. The molecule has 0 saturated carbocycles. The van der Waals surface area contributed by atoms with Gasteiger partial charge in [0, 0.05) is 18.7 Å². The first-order valence-corrected chi connectivity index (χ1v) is 10.1. The number of hydrogen-bond acceptors (Lipinski definition) is 6. The zero-order chi connectivity index (χ0) is 20.6. The van der Waals surface area contributed by atoms with E-state index in [9.17, 15) is 13.2 Å². The summed E-state index contributed by atoms with van der Waals surface area (Å²) in [5.41, 5.74) is 0.382. The molecule has 8 nitrogen and oxygen atoms in total. The Hall–Kier alpha value is -2.78. The second-order valence-corrected chi connectivity index (χ2v) is 7.39. The maximum atomic E-state index is 12.3. The maximum Gasteiger partial charge on any atom is 0.251 e. The molecule has 0 aliphatic heterocycles. The van der Waals surface area contributed by atoms with Crippen molar-refractivity contribution >= 4 is 15.9 Å². The molecule has 28 heavy (non-hydrogen) atoms. The fourth-order valence-electron chi connectivity index (χ4n) is 2.41. The Labute approximate surface area is 164 Å². The van der Waals surface area contributed by atoms with E-state index in [0.717, 1.165) is 0 Å². The van der Waals surface area contributed by atoms with E-state index in [1.54, 1.807) is 30.3 Å². The minimum Gasteiger partial charge on any atom is -0.494 e. The van der Waals surface area contributed by atoms with E-state index in [4.69, 9.17) is 14.2 Å². The topological polar surface area (TPSA) is 103 Å². The third-order valence-electron chi connectivity index (χ3n) is 3.79. The van der Waals surface area contributed by atoms with Gasteiger partial charge in [-0.15, -0.1) is 0 Å². The number of ether oxygens (including phenoxy) is 3. The van der Waals surface area contributed by atoms with Crippen molar-refractivity contribution in [2.24, 2.45) is 0 Å². The van der Waals surface area contributed by atoms with Crippen molar-refractivity contribution in [1.82, 2.24) is 10.0 Å². The minimum atomic E-state index is -3.67. The van der Waals surface area contributed by atoms with Crippen molar-refractivity contribution in [1.29, 1.82) is 0 Å². The Bertz CT molecular complexity index is 897. The van der Waals surface area contributed by atoms with Gasteiger partial charge in [-0.25, -0.2) is 13.1 Å². The summed E-state index contributed by atoms with van der Waals surface area (Å²) in [4.78, 5) is 12.3. The Morgan fingerprint density at radius 3 is 2.25 bits per heavy atom. The van der Waals surface area contributed by atoms with Gasteiger partial charge in [-0.1, -0.05) is 0 Å². The van der Waals surface area contributed by atoms with Crippen LogP contribution in [0.2, 0.25) is 0 Å². The molecule has 0 bridgehead atoms. The quantitative estimate of drug-likeness (QED) is 0.581. The molecule has 0 unspecified atom stereocenters. The summed E-state index contributed by atoms with van der Waals surface area (Å²) in [6, 6.07) is 10.9. The van der Waals surface area contributed by atoms with Crippen molar-refractivity contribution in [3.63, 3.8) is 0 Å². The zero-order valence-corrected chi connectivity index (χ0v) is 16.8. The highest BCUT2D eigenvalue weighted by molar-refractivity contribution is 7.89. The average molecular weight is 408 g/mol. The van der Waals surface area contributed by atoms with Crippen LogP contribution in [0.3, 0.4) is 0 Å². The summed E-state index contributed by atoms with van der Waals surface area (Å²) in [5, 5.41) is 2.66. The van der Waals surface area contributed by atoms with Crippen LogP contribution in [0.15, 0.2) is 47.4 Å². The van der Waals surface area contributed by atoms with E-state index in [0.29, 0.717) is 29.4 Å². The SMILES string of the molecule is CCOc1ccc(S(=O)(=O)NCCNC(=O)c2ccc(OC)c(OC)c2)cc1. The van der Waals surface area contributed by atoms with Crippen LogP contribution in [-0.4, -0.2) is 48.2 Å². The summed E-state index contributed by atoms with van der Waals surface area (Å²) in [6.45, 7) is 2.53. The van der Waals surface area contributed by atoms with Crippen molar-refractivity contribution in [2.45, 2.75) is 11.8 Å². The monoisotopic (exact) mass is 408 g/mol. The van der Waals surface area contributed by atoms with Crippen LogP contribution >= 0.6 is 0 Å². The van der Waals surface area contributed by atoms with Gasteiger partial charge in [0.2, 0.25) is 10.0 Å². The molecule has 0 aliphatic carbocycles. The number of methoxy groups -OCH3 is 2. The molecule has 0 saturated heterocycles. The van der Waals surface area contributed by atoms with Gasteiger partial charge in [0.25, 0.3) is 5.91 Å². The Kier molecular flexibility index (Phi) is 7.65. The van der Waals surface area contributed by atoms with Crippen molar-refractivity contribution in [2.75, 3.05) is 33.9 Å². The predicted molar refractivity (Wildman–Crippen MR) is 105 cm³/mol. The fraction of sp³-hybridized carbons (Fsp3) is 0.316. The highest BCUT2D eigenvalue weighted by atomic mass is 32.2. The predicted octanol–water partition coefficient (Wildman–Crippen LogP) is 1.81. The van der Waals surface area contributed by atoms with Crippen LogP contribution < -0.4 is 24.2 Å². The van der Waals surface area contributed by atoms with Gasteiger partial charge in [-0.2, -0.15) is 0 Å². The minimum absolute atomic E-state index is 0.0502. The van der Waals surface area contributed by atoms with Gasteiger partial charge in [0.1, 0.15) is 5.75 Å². The molecule has 0 aliphatic rings. The summed E-state index contributed by atoms with van der Waals surface area (Å²) in [6.07, 6.45) is 0. The first-order chi connectivity index (χ1) is 13.4. The lowest BCUT2D eigenvalue weighted by atomic mass is 10.2. The van der Waals surface area contributed by atoms with Crippen molar-refractivity contribution in [3.8, 4) is 17.2 Å². The molecule has 0 heterocycles. The van der Waals surface area contributed by atoms with E-state index < -0.39 is 10.0 Å². The molecule has 2 aromatic carbocycles. The van der Waals surface area contributed by atoms with E-state index in [1.807, 2.05) is 6.92 Å². The van der Waals surface area contributed by atoms with E-state index in [-0.39, 0.29) is 23.9 Å². The number of nitrogens with one attached hydrogen (secondary N) is 2. The molecule has 0 atom stereocenters. The largest absolute Gasteiger partial charge is 0.494 e. The van der Waals surface area contributed by atoms with Gasteiger partial charge < -0.3 is 19.5 Å². The van der Waals surface area contributed by atoms with Gasteiger partial charge in [-0.3, -0.25) is 4.79 Å². The lowest BCUT2D eigenvalue weighted by Gasteiger charge is -2.11. The van der Waals surface area contributed by atoms with Crippen LogP contribution in [0.5, 0.6) is 17.2 Å². The molecular weight excluding hydrogens is 384 g/mol. The molecule has 0 radical (unpaired) electrons. The first kappa shape index (κ1) is 21.5. The maximum absolute atomic E-state index is 12.3. The molecule has 9 heteroatoms. The Balaban J connectivity index is 1.88. The molecular formula is C19H24N2O6S. The number of hydrogen-bond donors (Lipinski definition) is 2. The Morgan fingerprint density at radius 2 is 1.64 bits per heavy atom. The van der Waals surface area contributed by atoms with Crippen LogP contribution in [0.25, 0.3) is 0 Å². The smallest absolute Gasteiger partial charge is 0.251 e. The first-order valence-electron chi connectivity index (χ1n) is 8.64. The Morgan fingerprint density at radius 1 is 0.964 bits per heavy atom.